The van der Waals surface area contributed by atoms with E-state index in [4.69, 9.17) is 4.74 Å². The first-order valence-corrected chi connectivity index (χ1v) is 11.4. The molecule has 2 amide bonds. The first-order chi connectivity index (χ1) is 14.9. The number of halogens is 1. The summed E-state index contributed by atoms with van der Waals surface area (Å²) in [5.41, 5.74) is 0.0608. The van der Waals surface area contributed by atoms with E-state index in [1.54, 1.807) is 12.3 Å². The second kappa shape index (κ2) is 8.83. The molecule has 0 bridgehead atoms. The van der Waals surface area contributed by atoms with Crippen molar-refractivity contribution in [1.82, 2.24) is 14.7 Å². The summed E-state index contributed by atoms with van der Waals surface area (Å²) in [4.78, 5) is 27.8. The molecule has 4 aliphatic rings. The van der Waals surface area contributed by atoms with E-state index < -0.39 is 6.04 Å². The molecule has 3 aliphatic heterocycles. The lowest BCUT2D eigenvalue weighted by Crippen LogP contribution is -2.62. The fourth-order valence-corrected chi connectivity index (χ4v) is 5.23. The number of carbonyl (C=O) groups excluding carboxylic acids is 1. The maximum Gasteiger partial charge on any atom is 0.320 e. The van der Waals surface area contributed by atoms with Crippen molar-refractivity contribution in [2.75, 3.05) is 32.8 Å². The smallest absolute Gasteiger partial charge is 0.320 e. The van der Waals surface area contributed by atoms with Crippen LogP contribution in [-0.2, 0) is 4.74 Å². The molecule has 31 heavy (non-hydrogen) atoms. The predicted octanol–water partition coefficient (Wildman–Crippen LogP) is 3.18. The van der Waals surface area contributed by atoms with Crippen LogP contribution in [0.3, 0.4) is 0 Å². The standard InChI is InChI=1S/C22H31FN5O2P/c1-4-8-25-20(24-3)27-13-22(14-27)7-9-26(12-22)21(29)28-15(2)11-30-18-5-6-19(31)16(23)10-17(18)28/h4,6,8,10,15,17-18H,3,5,7,9,11-14,31H2,1-2H3/b8-4-,25-20+. The van der Waals surface area contributed by atoms with E-state index in [2.05, 4.69) is 30.8 Å². The van der Waals surface area contributed by atoms with Crippen LogP contribution in [0.15, 0.2) is 45.6 Å². The van der Waals surface area contributed by atoms with Gasteiger partial charge in [-0.1, -0.05) is 12.2 Å². The number of aliphatic imine (C=N–C) groups is 2. The monoisotopic (exact) mass is 447 g/mol. The number of rotatable bonds is 1. The third-order valence-corrected chi connectivity index (χ3v) is 7.15. The Bertz CT molecular complexity index is 864. The van der Waals surface area contributed by atoms with Gasteiger partial charge in [-0.2, -0.15) is 0 Å². The van der Waals surface area contributed by atoms with Crippen molar-refractivity contribution >= 4 is 27.9 Å². The molecule has 0 aromatic heterocycles. The van der Waals surface area contributed by atoms with Crippen LogP contribution in [0.4, 0.5) is 9.18 Å². The van der Waals surface area contributed by atoms with Gasteiger partial charge in [-0.3, -0.25) is 0 Å². The Hall–Kier alpha value is -2.05. The van der Waals surface area contributed by atoms with Crippen molar-refractivity contribution in [3.8, 4) is 0 Å². The second-order valence-electron chi connectivity index (χ2n) is 8.91. The van der Waals surface area contributed by atoms with E-state index in [0.717, 1.165) is 19.5 Å². The molecule has 0 saturated carbocycles. The fraction of sp³-hybridized carbons (Fsp3) is 0.591. The highest BCUT2D eigenvalue weighted by Gasteiger charge is 2.51. The van der Waals surface area contributed by atoms with Gasteiger partial charge < -0.3 is 19.4 Å². The lowest BCUT2D eigenvalue weighted by atomic mass is 9.79. The minimum absolute atomic E-state index is 0.0259. The number of likely N-dealkylation sites (tertiary alicyclic amines) is 2. The summed E-state index contributed by atoms with van der Waals surface area (Å²) in [5.74, 6) is 0.323. The molecule has 3 heterocycles. The van der Waals surface area contributed by atoms with Crippen LogP contribution in [0.2, 0.25) is 0 Å². The molecular formula is C22H31FN5O2P. The lowest BCUT2D eigenvalue weighted by Gasteiger charge is -2.49. The van der Waals surface area contributed by atoms with Crippen LogP contribution in [0.1, 0.15) is 26.7 Å². The van der Waals surface area contributed by atoms with Gasteiger partial charge in [-0.15, -0.1) is 9.24 Å². The Kier molecular flexibility index (Phi) is 6.31. The van der Waals surface area contributed by atoms with Crippen molar-refractivity contribution in [3.05, 3.63) is 35.6 Å². The van der Waals surface area contributed by atoms with Gasteiger partial charge in [0.05, 0.1) is 24.8 Å². The highest BCUT2D eigenvalue weighted by Crippen LogP contribution is 2.41. The zero-order valence-electron chi connectivity index (χ0n) is 18.2. The van der Waals surface area contributed by atoms with E-state index >= 15 is 0 Å². The Morgan fingerprint density at radius 2 is 2.13 bits per heavy atom. The third-order valence-electron chi connectivity index (χ3n) is 6.64. The average molecular weight is 447 g/mol. The number of morpholine rings is 1. The number of hydrogen-bond acceptors (Lipinski definition) is 3. The molecule has 9 heteroatoms. The van der Waals surface area contributed by atoms with Crippen LogP contribution in [0.25, 0.3) is 0 Å². The summed E-state index contributed by atoms with van der Waals surface area (Å²) >= 11 is 0. The zero-order valence-corrected chi connectivity index (χ0v) is 19.4. The van der Waals surface area contributed by atoms with Gasteiger partial charge in [-0.25, -0.2) is 19.2 Å². The van der Waals surface area contributed by atoms with E-state index in [9.17, 15) is 9.18 Å². The van der Waals surface area contributed by atoms with E-state index in [1.165, 1.54) is 0 Å². The van der Waals surface area contributed by atoms with E-state index in [0.29, 0.717) is 37.4 Å². The van der Waals surface area contributed by atoms with Gasteiger partial charge in [0.15, 0.2) is 0 Å². The van der Waals surface area contributed by atoms with Crippen LogP contribution >= 0.6 is 9.24 Å². The molecule has 4 atom stereocenters. The van der Waals surface area contributed by atoms with Crippen molar-refractivity contribution < 1.29 is 13.9 Å². The number of ether oxygens (including phenoxy) is 1. The molecule has 168 valence electrons. The molecule has 3 saturated heterocycles. The van der Waals surface area contributed by atoms with Crippen molar-refractivity contribution in [2.24, 2.45) is 15.4 Å². The highest BCUT2D eigenvalue weighted by atomic mass is 31.0. The van der Waals surface area contributed by atoms with Gasteiger partial charge in [-0.05, 0) is 39.5 Å². The van der Waals surface area contributed by atoms with Crippen LogP contribution in [-0.4, -0.2) is 84.4 Å². The summed E-state index contributed by atoms with van der Waals surface area (Å²) in [7, 11) is 2.43. The fourth-order valence-electron chi connectivity index (χ4n) is 5.00. The lowest BCUT2D eigenvalue weighted by molar-refractivity contribution is -0.0681. The summed E-state index contributed by atoms with van der Waals surface area (Å²) in [5, 5.41) is 0.527. The number of fused-ring (bicyclic) bond motifs is 1. The summed E-state index contributed by atoms with van der Waals surface area (Å²) < 4.78 is 20.5. The Morgan fingerprint density at radius 1 is 1.39 bits per heavy atom. The molecule has 1 aliphatic carbocycles. The molecule has 1 spiro atoms. The first-order valence-electron chi connectivity index (χ1n) is 10.8. The Balaban J connectivity index is 1.45. The SMILES string of the molecule is C=N/C(=N\C=C/C)N1CC2(CCN(C(=O)N3C(C)COC4CC=C(P)C(F)=CC43)C2)C1. The topological polar surface area (TPSA) is 60.7 Å². The number of urea groups is 1. The summed E-state index contributed by atoms with van der Waals surface area (Å²) in [6.45, 7) is 11.0. The molecule has 0 N–H and O–H groups in total. The summed E-state index contributed by atoms with van der Waals surface area (Å²) in [6.07, 6.45) is 8.25. The molecule has 0 aromatic carbocycles. The summed E-state index contributed by atoms with van der Waals surface area (Å²) in [6, 6.07) is -0.533. The highest BCUT2D eigenvalue weighted by molar-refractivity contribution is 7.23. The third kappa shape index (κ3) is 4.20. The van der Waals surface area contributed by atoms with E-state index in [1.807, 2.05) is 35.8 Å². The molecular weight excluding hydrogens is 416 g/mol. The molecule has 7 nitrogen and oxygen atoms in total. The van der Waals surface area contributed by atoms with Gasteiger partial charge in [0.25, 0.3) is 0 Å². The minimum Gasteiger partial charge on any atom is -0.373 e. The predicted molar refractivity (Wildman–Crippen MR) is 124 cm³/mol. The molecule has 4 rings (SSSR count). The normalized spacial score (nSPS) is 30.6. The number of hydrogen-bond donors (Lipinski definition) is 0. The Labute approximate surface area is 185 Å². The van der Waals surface area contributed by atoms with Crippen molar-refractivity contribution in [1.29, 1.82) is 0 Å². The zero-order chi connectivity index (χ0) is 22.2. The first kappa shape index (κ1) is 22.2. The van der Waals surface area contributed by atoms with Gasteiger partial charge >= 0.3 is 6.03 Å². The molecule has 3 fully saturated rings. The number of allylic oxidation sites excluding steroid dienone is 3. The average Bonchev–Trinajstić information content (AvgIpc) is 3.13. The second-order valence-corrected chi connectivity index (χ2v) is 9.53. The van der Waals surface area contributed by atoms with Crippen LogP contribution < -0.4 is 0 Å². The van der Waals surface area contributed by atoms with Gasteiger partial charge in [0.2, 0.25) is 5.96 Å². The Morgan fingerprint density at radius 3 is 2.84 bits per heavy atom. The van der Waals surface area contributed by atoms with Crippen LogP contribution in [0, 0.1) is 5.41 Å². The quantitative estimate of drug-likeness (QED) is 0.352. The van der Waals surface area contributed by atoms with Crippen molar-refractivity contribution in [2.45, 2.75) is 44.9 Å². The molecule has 4 unspecified atom stereocenters. The van der Waals surface area contributed by atoms with Gasteiger partial charge in [0.1, 0.15) is 5.83 Å². The molecule has 0 radical (unpaired) electrons. The molecule has 0 aromatic rings. The van der Waals surface area contributed by atoms with Gasteiger partial charge in [0, 0.05) is 43.1 Å². The number of nitrogens with zero attached hydrogens (tertiary/aromatic N) is 5. The number of guanidine groups is 1. The van der Waals surface area contributed by atoms with Crippen molar-refractivity contribution in [3.63, 3.8) is 0 Å². The minimum atomic E-state index is -0.399. The largest absolute Gasteiger partial charge is 0.373 e. The van der Waals surface area contributed by atoms with Crippen LogP contribution in [0.5, 0.6) is 0 Å². The number of carbonyl (C=O) groups is 1. The maximum atomic E-state index is 14.5. The maximum absolute atomic E-state index is 14.5. The van der Waals surface area contributed by atoms with E-state index in [-0.39, 0.29) is 29.4 Å². The number of amides is 2.